The summed E-state index contributed by atoms with van der Waals surface area (Å²) in [6.07, 6.45) is 0.896. The van der Waals surface area contributed by atoms with Crippen molar-refractivity contribution in [3.05, 3.63) is 33.4 Å². The van der Waals surface area contributed by atoms with E-state index in [1.54, 1.807) is 0 Å². The predicted octanol–water partition coefficient (Wildman–Crippen LogP) is 3.58. The monoisotopic (exact) mass is 395 g/mol. The van der Waals surface area contributed by atoms with Gasteiger partial charge in [-0.3, -0.25) is 4.79 Å². The lowest BCUT2D eigenvalue weighted by molar-refractivity contribution is 0.0912. The number of hydrogen-bond donors (Lipinski definition) is 1. The molecular weight excluding hydrogens is 381 g/mol. The Kier molecular flexibility index (Phi) is 5.24. The topological polar surface area (TPSA) is 29.1 Å². The van der Waals surface area contributed by atoms with Gasteiger partial charge in [-0.05, 0) is 48.1 Å². The molecule has 0 aliphatic carbocycles. The molecule has 2 nitrogen and oxygen atoms in total. The number of amides is 1. The molecule has 1 rings (SSSR count). The highest BCUT2D eigenvalue weighted by atomic mass is 127. The van der Waals surface area contributed by atoms with Gasteiger partial charge in [-0.1, -0.05) is 35.0 Å². The van der Waals surface area contributed by atoms with E-state index in [9.17, 15) is 4.79 Å². The van der Waals surface area contributed by atoms with Crippen LogP contribution in [0.2, 0.25) is 0 Å². The van der Waals surface area contributed by atoms with Crippen molar-refractivity contribution in [3.8, 4) is 0 Å². The molecule has 1 aromatic carbocycles. The molecule has 0 bridgehead atoms. The number of carbonyl (C=O) groups is 1. The Morgan fingerprint density at radius 1 is 1.50 bits per heavy atom. The van der Waals surface area contributed by atoms with Crippen molar-refractivity contribution in [2.75, 3.05) is 5.33 Å². The second-order valence-corrected chi connectivity index (χ2v) is 5.70. The minimum atomic E-state index is -0.185. The molecule has 0 aliphatic heterocycles. The van der Waals surface area contributed by atoms with E-state index in [2.05, 4.69) is 50.8 Å². The van der Waals surface area contributed by atoms with Crippen molar-refractivity contribution in [1.82, 2.24) is 5.32 Å². The van der Waals surface area contributed by atoms with Crippen molar-refractivity contribution in [3.63, 3.8) is 0 Å². The third-order valence-electron chi connectivity index (χ3n) is 2.61. The molecule has 1 unspecified atom stereocenters. The molecule has 0 saturated carbocycles. The van der Waals surface area contributed by atoms with Crippen LogP contribution in [0.15, 0.2) is 24.3 Å². The minimum Gasteiger partial charge on any atom is -0.346 e. The van der Waals surface area contributed by atoms with Gasteiger partial charge in [-0.25, -0.2) is 0 Å². The van der Waals surface area contributed by atoms with E-state index in [1.807, 2.05) is 31.2 Å². The summed E-state index contributed by atoms with van der Waals surface area (Å²) in [7, 11) is 0. The fraction of sp³-hybridized carbons (Fsp3) is 0.417. The summed E-state index contributed by atoms with van der Waals surface area (Å²) < 4.78 is 0.977. The molecule has 0 aliphatic rings. The Morgan fingerprint density at radius 3 is 2.62 bits per heavy atom. The van der Waals surface area contributed by atoms with Gasteiger partial charge in [0, 0.05) is 14.4 Å². The highest BCUT2D eigenvalue weighted by Crippen LogP contribution is 2.16. The summed E-state index contributed by atoms with van der Waals surface area (Å²) in [6.45, 7) is 4.10. The Bertz CT molecular complexity index is 377. The van der Waals surface area contributed by atoms with Crippen molar-refractivity contribution in [1.29, 1.82) is 0 Å². The quantitative estimate of drug-likeness (QED) is 0.612. The lowest BCUT2D eigenvalue weighted by Crippen LogP contribution is -2.47. The molecule has 0 radical (unpaired) electrons. The molecule has 1 N–H and O–H groups in total. The average Bonchev–Trinajstić information content (AvgIpc) is 2.29. The number of benzene rings is 1. The van der Waals surface area contributed by atoms with Gasteiger partial charge >= 0.3 is 0 Å². The van der Waals surface area contributed by atoms with Gasteiger partial charge in [-0.2, -0.15) is 0 Å². The molecule has 1 amide bonds. The van der Waals surface area contributed by atoms with Crippen LogP contribution < -0.4 is 5.32 Å². The van der Waals surface area contributed by atoms with Crippen LogP contribution in [0.5, 0.6) is 0 Å². The summed E-state index contributed by atoms with van der Waals surface area (Å²) in [5, 5.41) is 3.81. The van der Waals surface area contributed by atoms with Crippen LogP contribution in [0.1, 0.15) is 30.6 Å². The van der Waals surface area contributed by atoms with Crippen molar-refractivity contribution in [2.45, 2.75) is 25.8 Å². The van der Waals surface area contributed by atoms with Crippen LogP contribution in [0, 0.1) is 3.57 Å². The van der Waals surface area contributed by atoms with E-state index < -0.39 is 0 Å². The van der Waals surface area contributed by atoms with E-state index in [1.165, 1.54) is 0 Å². The summed E-state index contributed by atoms with van der Waals surface area (Å²) >= 11 is 5.61. The highest BCUT2D eigenvalue weighted by Gasteiger charge is 2.23. The van der Waals surface area contributed by atoms with E-state index in [0.717, 1.165) is 20.9 Å². The first kappa shape index (κ1) is 14.0. The molecule has 1 aromatic rings. The fourth-order valence-corrected chi connectivity index (χ4v) is 2.37. The van der Waals surface area contributed by atoms with E-state index in [0.29, 0.717) is 0 Å². The molecule has 16 heavy (non-hydrogen) atoms. The van der Waals surface area contributed by atoms with Crippen LogP contribution in [-0.2, 0) is 0 Å². The van der Waals surface area contributed by atoms with Gasteiger partial charge < -0.3 is 5.32 Å². The molecule has 0 saturated heterocycles. The Balaban J connectivity index is 2.84. The molecule has 4 heteroatoms. The zero-order valence-electron chi connectivity index (χ0n) is 9.39. The van der Waals surface area contributed by atoms with E-state index >= 15 is 0 Å². The third-order valence-corrected chi connectivity index (χ3v) is 4.79. The van der Waals surface area contributed by atoms with Crippen LogP contribution in [0.3, 0.4) is 0 Å². The fourth-order valence-electron chi connectivity index (χ4n) is 1.20. The predicted molar refractivity (Wildman–Crippen MR) is 79.1 cm³/mol. The molecule has 0 fully saturated rings. The maximum Gasteiger partial charge on any atom is 0.252 e. The number of hydrogen-bond acceptors (Lipinski definition) is 1. The van der Waals surface area contributed by atoms with E-state index in [-0.39, 0.29) is 11.4 Å². The summed E-state index contributed by atoms with van der Waals surface area (Å²) in [4.78, 5) is 12.1. The van der Waals surface area contributed by atoms with Gasteiger partial charge in [0.05, 0.1) is 5.56 Å². The number of halogens is 2. The SMILES string of the molecule is CCC(C)(CBr)NC(=O)c1ccccc1I. The molecule has 0 heterocycles. The Morgan fingerprint density at radius 2 is 2.12 bits per heavy atom. The first-order valence-electron chi connectivity index (χ1n) is 5.15. The maximum atomic E-state index is 12.1. The number of nitrogens with one attached hydrogen (secondary N) is 1. The Hall–Kier alpha value is -0.100. The van der Waals surface area contributed by atoms with E-state index in [4.69, 9.17) is 0 Å². The van der Waals surface area contributed by atoms with Crippen molar-refractivity contribution in [2.24, 2.45) is 0 Å². The van der Waals surface area contributed by atoms with Gasteiger partial charge in [0.2, 0.25) is 0 Å². The molecule has 0 aromatic heterocycles. The first-order valence-corrected chi connectivity index (χ1v) is 7.35. The van der Waals surface area contributed by atoms with Gasteiger partial charge in [0.25, 0.3) is 5.91 Å². The maximum absolute atomic E-state index is 12.1. The number of carbonyl (C=O) groups excluding carboxylic acids is 1. The zero-order valence-corrected chi connectivity index (χ0v) is 13.1. The normalized spacial score (nSPS) is 14.2. The van der Waals surface area contributed by atoms with Crippen molar-refractivity contribution >= 4 is 44.4 Å². The van der Waals surface area contributed by atoms with Gasteiger partial charge in [0.15, 0.2) is 0 Å². The van der Waals surface area contributed by atoms with Crippen LogP contribution in [-0.4, -0.2) is 16.8 Å². The van der Waals surface area contributed by atoms with Crippen LogP contribution in [0.25, 0.3) is 0 Å². The van der Waals surface area contributed by atoms with Crippen LogP contribution in [0.4, 0.5) is 0 Å². The zero-order chi connectivity index (χ0) is 12.2. The highest BCUT2D eigenvalue weighted by molar-refractivity contribution is 14.1. The second kappa shape index (κ2) is 6.00. The van der Waals surface area contributed by atoms with Gasteiger partial charge in [-0.15, -0.1) is 0 Å². The summed E-state index contributed by atoms with van der Waals surface area (Å²) in [5.74, 6) is -0.00574. The molecule has 1 atom stereocenters. The molecular formula is C12H15BrINO. The molecule has 88 valence electrons. The lowest BCUT2D eigenvalue weighted by atomic mass is 10.0. The van der Waals surface area contributed by atoms with Gasteiger partial charge in [0.1, 0.15) is 0 Å². The summed E-state index contributed by atoms with van der Waals surface area (Å²) in [6, 6.07) is 7.60. The third kappa shape index (κ3) is 3.45. The molecule has 0 spiro atoms. The minimum absolute atomic E-state index is 0.00574. The summed E-state index contributed by atoms with van der Waals surface area (Å²) in [5.41, 5.74) is 0.555. The number of alkyl halides is 1. The Labute approximate surface area is 118 Å². The van der Waals surface area contributed by atoms with Crippen molar-refractivity contribution < 1.29 is 4.79 Å². The standard InChI is InChI=1S/C12H15BrINO/c1-3-12(2,8-13)15-11(16)9-6-4-5-7-10(9)14/h4-7H,3,8H2,1-2H3,(H,15,16). The smallest absolute Gasteiger partial charge is 0.252 e. The average molecular weight is 396 g/mol. The number of rotatable bonds is 4. The second-order valence-electron chi connectivity index (χ2n) is 3.98. The van der Waals surface area contributed by atoms with Crippen LogP contribution >= 0.6 is 38.5 Å². The lowest BCUT2D eigenvalue weighted by Gasteiger charge is -2.27. The largest absolute Gasteiger partial charge is 0.346 e. The first-order chi connectivity index (χ1) is 7.52.